The van der Waals surface area contributed by atoms with Gasteiger partial charge in [0.15, 0.2) is 0 Å². The van der Waals surface area contributed by atoms with Gasteiger partial charge in [0.05, 0.1) is 28.2 Å². The summed E-state index contributed by atoms with van der Waals surface area (Å²) in [6.07, 6.45) is 0. The molecular weight excluding hydrogens is 329 g/mol. The number of amides is 1. The summed E-state index contributed by atoms with van der Waals surface area (Å²) < 4.78 is 15.9. The van der Waals surface area contributed by atoms with Crippen molar-refractivity contribution in [2.75, 3.05) is 0 Å². The van der Waals surface area contributed by atoms with E-state index in [4.69, 9.17) is 11.6 Å². The van der Waals surface area contributed by atoms with Crippen LogP contribution in [0.15, 0.2) is 42.5 Å². The van der Waals surface area contributed by atoms with Crippen LogP contribution in [0, 0.1) is 5.82 Å². The van der Waals surface area contributed by atoms with Gasteiger partial charge in [0.2, 0.25) is 0 Å². The number of rotatable bonds is 4. The van der Waals surface area contributed by atoms with Gasteiger partial charge in [-0.25, -0.2) is 9.37 Å². The molecule has 1 N–H and O–H groups in total. The number of halogens is 2. The molecule has 0 atom stereocenters. The van der Waals surface area contributed by atoms with E-state index in [0.717, 1.165) is 11.0 Å². The topological polar surface area (TPSA) is 46.9 Å². The van der Waals surface area contributed by atoms with Crippen molar-refractivity contribution in [2.45, 2.75) is 26.4 Å². The van der Waals surface area contributed by atoms with Gasteiger partial charge in [0.25, 0.3) is 5.91 Å². The molecule has 0 aliphatic rings. The van der Waals surface area contributed by atoms with Crippen molar-refractivity contribution in [3.8, 4) is 0 Å². The first-order chi connectivity index (χ1) is 11.5. The summed E-state index contributed by atoms with van der Waals surface area (Å²) in [6, 6.07) is 12.1. The van der Waals surface area contributed by atoms with Gasteiger partial charge in [0.1, 0.15) is 11.6 Å². The minimum Gasteiger partial charge on any atom is -0.345 e. The van der Waals surface area contributed by atoms with Crippen LogP contribution < -0.4 is 5.32 Å². The third-order valence-electron chi connectivity index (χ3n) is 3.78. The second-order valence-corrected chi connectivity index (χ2v) is 6.17. The molecule has 0 saturated carbocycles. The molecule has 4 nitrogen and oxygen atoms in total. The normalized spacial score (nSPS) is 11.2. The summed E-state index contributed by atoms with van der Waals surface area (Å²) >= 11 is 5.93. The molecule has 3 aromatic rings. The third-order valence-corrected chi connectivity index (χ3v) is 4.10. The second-order valence-electron chi connectivity index (χ2n) is 5.76. The van der Waals surface area contributed by atoms with Crippen LogP contribution >= 0.6 is 11.6 Å². The predicted octanol–water partition coefficient (Wildman–Crippen LogP) is 4.34. The van der Waals surface area contributed by atoms with E-state index in [9.17, 15) is 9.18 Å². The van der Waals surface area contributed by atoms with Gasteiger partial charge in [-0.05, 0) is 38.1 Å². The average Bonchev–Trinajstić information content (AvgIpc) is 2.91. The van der Waals surface area contributed by atoms with Gasteiger partial charge in [-0.3, -0.25) is 4.79 Å². The zero-order valence-electron chi connectivity index (χ0n) is 13.4. The van der Waals surface area contributed by atoms with Crippen LogP contribution in [-0.4, -0.2) is 15.5 Å². The summed E-state index contributed by atoms with van der Waals surface area (Å²) in [5.74, 6) is -0.482. The van der Waals surface area contributed by atoms with Crippen LogP contribution in [0.1, 0.15) is 36.1 Å². The molecule has 0 radical (unpaired) electrons. The average molecular weight is 346 g/mol. The van der Waals surface area contributed by atoms with Crippen molar-refractivity contribution in [3.63, 3.8) is 0 Å². The molecule has 1 amide bonds. The summed E-state index contributed by atoms with van der Waals surface area (Å²) in [5.41, 5.74) is 1.71. The van der Waals surface area contributed by atoms with Crippen LogP contribution in [-0.2, 0) is 6.54 Å². The van der Waals surface area contributed by atoms with Gasteiger partial charge < -0.3 is 9.88 Å². The smallest absolute Gasteiger partial charge is 0.256 e. The van der Waals surface area contributed by atoms with Gasteiger partial charge in [-0.2, -0.15) is 0 Å². The molecule has 0 fully saturated rings. The van der Waals surface area contributed by atoms with Crippen LogP contribution in [0.5, 0.6) is 0 Å². The standard InChI is InChI=1S/C18H17ClFN3O/c1-11(2)23-15-9-4-3-8-14(15)22-16(23)10-21-18(24)17-12(19)6-5-7-13(17)20/h3-9,11H,10H2,1-2H3,(H,21,24). The summed E-state index contributed by atoms with van der Waals surface area (Å²) in [7, 11) is 0. The highest BCUT2D eigenvalue weighted by molar-refractivity contribution is 6.33. The first-order valence-corrected chi connectivity index (χ1v) is 8.05. The number of nitrogens with zero attached hydrogens (tertiary/aromatic N) is 2. The molecule has 1 aromatic heterocycles. The van der Waals surface area contributed by atoms with Crippen molar-refractivity contribution in [2.24, 2.45) is 0 Å². The zero-order chi connectivity index (χ0) is 17.3. The van der Waals surface area contributed by atoms with E-state index >= 15 is 0 Å². The Morgan fingerprint density at radius 1 is 1.25 bits per heavy atom. The van der Waals surface area contributed by atoms with Crippen LogP contribution in [0.2, 0.25) is 5.02 Å². The lowest BCUT2D eigenvalue weighted by Crippen LogP contribution is -2.26. The quantitative estimate of drug-likeness (QED) is 0.764. The highest BCUT2D eigenvalue weighted by Crippen LogP contribution is 2.22. The molecule has 1 heterocycles. The molecule has 124 valence electrons. The lowest BCUT2D eigenvalue weighted by molar-refractivity contribution is 0.0945. The zero-order valence-corrected chi connectivity index (χ0v) is 14.1. The minimum absolute atomic E-state index is 0.0878. The Kier molecular flexibility index (Phi) is 4.53. The number of hydrogen-bond acceptors (Lipinski definition) is 2. The fourth-order valence-corrected chi connectivity index (χ4v) is 3.01. The summed E-state index contributed by atoms with van der Waals surface area (Å²) in [6.45, 7) is 4.29. The Morgan fingerprint density at radius 3 is 2.71 bits per heavy atom. The van der Waals surface area contributed by atoms with Crippen molar-refractivity contribution < 1.29 is 9.18 Å². The Balaban J connectivity index is 1.88. The molecule has 0 bridgehead atoms. The molecule has 0 aliphatic heterocycles. The fourth-order valence-electron chi connectivity index (χ4n) is 2.76. The van der Waals surface area contributed by atoms with Gasteiger partial charge >= 0.3 is 0 Å². The van der Waals surface area contributed by atoms with Crippen molar-refractivity contribution in [1.82, 2.24) is 14.9 Å². The molecule has 0 saturated heterocycles. The molecule has 24 heavy (non-hydrogen) atoms. The van der Waals surface area contributed by atoms with E-state index in [0.29, 0.717) is 5.82 Å². The van der Waals surface area contributed by atoms with Crippen LogP contribution in [0.4, 0.5) is 4.39 Å². The van der Waals surface area contributed by atoms with E-state index in [1.807, 2.05) is 38.1 Å². The van der Waals surface area contributed by atoms with Crippen molar-refractivity contribution >= 4 is 28.5 Å². The van der Waals surface area contributed by atoms with E-state index in [2.05, 4.69) is 14.9 Å². The Labute approximate surface area is 144 Å². The molecule has 2 aromatic carbocycles. The molecule has 3 rings (SSSR count). The number of imidazole rings is 1. The van der Waals surface area contributed by atoms with Crippen molar-refractivity contribution in [3.05, 3.63) is 64.7 Å². The Morgan fingerprint density at radius 2 is 2.00 bits per heavy atom. The first-order valence-electron chi connectivity index (χ1n) is 7.67. The molecule has 6 heteroatoms. The minimum atomic E-state index is -0.641. The van der Waals surface area contributed by atoms with E-state index in [1.165, 1.54) is 18.2 Å². The Bertz CT molecular complexity index is 884. The molecule has 0 unspecified atom stereocenters. The monoisotopic (exact) mass is 345 g/mol. The number of hydrogen-bond donors (Lipinski definition) is 1. The maximum absolute atomic E-state index is 13.8. The van der Waals surface area contributed by atoms with Gasteiger partial charge in [-0.1, -0.05) is 29.8 Å². The number of carbonyl (C=O) groups excluding carboxylic acids is 1. The first kappa shape index (κ1) is 16.5. The number of nitrogens with one attached hydrogen (secondary N) is 1. The van der Waals surface area contributed by atoms with Gasteiger partial charge in [0, 0.05) is 6.04 Å². The maximum Gasteiger partial charge on any atom is 0.256 e. The SMILES string of the molecule is CC(C)n1c(CNC(=O)c2c(F)cccc2Cl)nc2ccccc21. The number of benzene rings is 2. The van der Waals surface area contributed by atoms with E-state index < -0.39 is 11.7 Å². The highest BCUT2D eigenvalue weighted by Gasteiger charge is 2.18. The fraction of sp³-hybridized carbons (Fsp3) is 0.222. The number of fused-ring (bicyclic) bond motifs is 1. The maximum atomic E-state index is 13.8. The van der Waals surface area contributed by atoms with Crippen LogP contribution in [0.3, 0.4) is 0 Å². The highest BCUT2D eigenvalue weighted by atomic mass is 35.5. The van der Waals surface area contributed by atoms with E-state index in [-0.39, 0.29) is 23.2 Å². The largest absolute Gasteiger partial charge is 0.345 e. The van der Waals surface area contributed by atoms with Gasteiger partial charge in [-0.15, -0.1) is 0 Å². The van der Waals surface area contributed by atoms with Crippen LogP contribution in [0.25, 0.3) is 11.0 Å². The molecule has 0 aliphatic carbocycles. The second kappa shape index (κ2) is 6.61. The lowest BCUT2D eigenvalue weighted by Gasteiger charge is -2.14. The number of para-hydroxylation sites is 2. The summed E-state index contributed by atoms with van der Waals surface area (Å²) in [4.78, 5) is 16.8. The predicted molar refractivity (Wildman–Crippen MR) is 92.7 cm³/mol. The lowest BCUT2D eigenvalue weighted by atomic mass is 10.2. The van der Waals surface area contributed by atoms with Crippen molar-refractivity contribution in [1.29, 1.82) is 0 Å². The molecule has 0 spiro atoms. The summed E-state index contributed by atoms with van der Waals surface area (Å²) in [5, 5.41) is 2.79. The molecular formula is C18H17ClFN3O. The number of aromatic nitrogens is 2. The Hall–Kier alpha value is -2.40. The third kappa shape index (κ3) is 2.99. The van der Waals surface area contributed by atoms with E-state index in [1.54, 1.807) is 0 Å². The number of carbonyl (C=O) groups is 1.